The average Bonchev–Trinajstić information content (AvgIpc) is 2.75. The lowest BCUT2D eigenvalue weighted by molar-refractivity contribution is -0.139. The Morgan fingerprint density at radius 1 is 1.03 bits per heavy atom. The Bertz CT molecular complexity index is 1030. The molecule has 0 aromatic heterocycles. The van der Waals surface area contributed by atoms with Gasteiger partial charge in [0.05, 0.1) is 11.9 Å². The van der Waals surface area contributed by atoms with Crippen LogP contribution in [0.25, 0.3) is 0 Å². The van der Waals surface area contributed by atoms with Crippen molar-refractivity contribution < 1.29 is 22.4 Å². The number of sulfonamides is 1. The predicted octanol–water partition coefficient (Wildman–Crippen LogP) is 2.92. The van der Waals surface area contributed by atoms with Gasteiger partial charge in [-0.1, -0.05) is 49.4 Å². The molecule has 9 heteroatoms. The number of benzene rings is 2. The van der Waals surface area contributed by atoms with E-state index in [1.54, 1.807) is 6.92 Å². The summed E-state index contributed by atoms with van der Waals surface area (Å²) in [6.07, 6.45) is 1.63. The van der Waals surface area contributed by atoms with Crippen molar-refractivity contribution in [2.24, 2.45) is 0 Å². The van der Waals surface area contributed by atoms with Crippen molar-refractivity contribution in [1.29, 1.82) is 0 Å². The number of rotatable bonds is 10. The standard InChI is InChI=1S/C23H30FN3O4S/c1-5-17(2)25-23(29)18(3)26(15-19-11-7-6-8-12-19)22(28)16-27(32(4,30)31)21-14-10-9-13-20(21)24/h6-14,17-18H,5,15-16H2,1-4H3,(H,25,29)/t17-,18-/m0/s1. The van der Waals surface area contributed by atoms with E-state index in [1.165, 1.54) is 23.1 Å². The summed E-state index contributed by atoms with van der Waals surface area (Å²) in [5, 5.41) is 2.85. The smallest absolute Gasteiger partial charge is 0.244 e. The van der Waals surface area contributed by atoms with E-state index >= 15 is 0 Å². The normalized spacial score (nSPS) is 13.2. The summed E-state index contributed by atoms with van der Waals surface area (Å²) in [7, 11) is -3.97. The third kappa shape index (κ3) is 6.78. The van der Waals surface area contributed by atoms with Crippen LogP contribution in [0.2, 0.25) is 0 Å². The van der Waals surface area contributed by atoms with Crippen LogP contribution >= 0.6 is 0 Å². The summed E-state index contributed by atoms with van der Waals surface area (Å²) in [5.41, 5.74) is 0.556. The van der Waals surface area contributed by atoms with Crippen LogP contribution in [0.15, 0.2) is 54.6 Å². The number of halogens is 1. The molecule has 0 aliphatic carbocycles. The monoisotopic (exact) mass is 463 g/mol. The second-order valence-corrected chi connectivity index (χ2v) is 9.63. The number of nitrogens with one attached hydrogen (secondary N) is 1. The molecule has 0 aliphatic heterocycles. The largest absolute Gasteiger partial charge is 0.352 e. The highest BCUT2D eigenvalue weighted by molar-refractivity contribution is 7.92. The Balaban J connectivity index is 2.37. The molecule has 0 unspecified atom stereocenters. The molecule has 0 saturated carbocycles. The van der Waals surface area contributed by atoms with Gasteiger partial charge in [-0.3, -0.25) is 13.9 Å². The predicted molar refractivity (Wildman–Crippen MR) is 123 cm³/mol. The summed E-state index contributed by atoms with van der Waals surface area (Å²) in [6, 6.07) is 13.5. The molecule has 2 amide bonds. The summed E-state index contributed by atoms with van der Waals surface area (Å²) in [5.74, 6) is -1.72. The molecule has 1 N–H and O–H groups in total. The van der Waals surface area contributed by atoms with Gasteiger partial charge in [0.1, 0.15) is 18.4 Å². The summed E-state index contributed by atoms with van der Waals surface area (Å²) in [6.45, 7) is 4.85. The number of hydrogen-bond acceptors (Lipinski definition) is 4. The Kier molecular flexibility index (Phi) is 8.77. The number of carbonyl (C=O) groups excluding carboxylic acids is 2. The zero-order chi connectivity index (χ0) is 23.9. The number of anilines is 1. The molecule has 2 aromatic carbocycles. The van der Waals surface area contributed by atoms with Gasteiger partial charge >= 0.3 is 0 Å². The highest BCUT2D eigenvalue weighted by atomic mass is 32.2. The molecular formula is C23H30FN3O4S. The van der Waals surface area contributed by atoms with Crippen LogP contribution in [0.1, 0.15) is 32.8 Å². The van der Waals surface area contributed by atoms with Crippen molar-refractivity contribution >= 4 is 27.5 Å². The van der Waals surface area contributed by atoms with Gasteiger partial charge in [-0.25, -0.2) is 12.8 Å². The lowest BCUT2D eigenvalue weighted by atomic mass is 10.1. The molecule has 2 aromatic rings. The fraction of sp³-hybridized carbons (Fsp3) is 0.391. The number of amides is 2. The van der Waals surface area contributed by atoms with E-state index in [2.05, 4.69) is 5.32 Å². The molecule has 0 radical (unpaired) electrons. The first-order chi connectivity index (χ1) is 15.0. The number of carbonyl (C=O) groups is 2. The van der Waals surface area contributed by atoms with Crippen LogP contribution in [0, 0.1) is 5.82 Å². The van der Waals surface area contributed by atoms with E-state index < -0.39 is 34.3 Å². The second kappa shape index (κ2) is 11.1. The molecule has 174 valence electrons. The number of nitrogens with zero attached hydrogens (tertiary/aromatic N) is 2. The molecule has 0 aliphatic rings. The molecule has 0 spiro atoms. The lowest BCUT2D eigenvalue weighted by Crippen LogP contribution is -2.52. The van der Waals surface area contributed by atoms with E-state index in [9.17, 15) is 22.4 Å². The zero-order valence-corrected chi connectivity index (χ0v) is 19.6. The summed E-state index contributed by atoms with van der Waals surface area (Å²) < 4.78 is 39.9. The van der Waals surface area contributed by atoms with Crippen LogP contribution in [0.3, 0.4) is 0 Å². The molecule has 32 heavy (non-hydrogen) atoms. The fourth-order valence-electron chi connectivity index (χ4n) is 3.08. The molecule has 0 saturated heterocycles. The van der Waals surface area contributed by atoms with Crippen molar-refractivity contribution in [3.63, 3.8) is 0 Å². The van der Waals surface area contributed by atoms with E-state index in [0.717, 1.165) is 28.6 Å². The maximum Gasteiger partial charge on any atom is 0.244 e. The van der Waals surface area contributed by atoms with Crippen LogP contribution in [0.5, 0.6) is 0 Å². The third-order valence-electron chi connectivity index (χ3n) is 5.16. The quantitative estimate of drug-likeness (QED) is 0.587. The molecule has 0 fully saturated rings. The Morgan fingerprint density at radius 2 is 1.62 bits per heavy atom. The maximum atomic E-state index is 14.3. The lowest BCUT2D eigenvalue weighted by Gasteiger charge is -2.32. The first-order valence-electron chi connectivity index (χ1n) is 10.4. The van der Waals surface area contributed by atoms with Gasteiger partial charge in [-0.2, -0.15) is 0 Å². The van der Waals surface area contributed by atoms with E-state index in [4.69, 9.17) is 0 Å². The molecule has 2 rings (SSSR count). The van der Waals surface area contributed by atoms with Crippen molar-refractivity contribution in [1.82, 2.24) is 10.2 Å². The van der Waals surface area contributed by atoms with E-state index in [-0.39, 0.29) is 24.2 Å². The Morgan fingerprint density at radius 3 is 2.19 bits per heavy atom. The molecule has 2 atom stereocenters. The Hall–Kier alpha value is -2.94. The minimum atomic E-state index is -3.97. The molecule has 0 heterocycles. The number of para-hydroxylation sites is 1. The van der Waals surface area contributed by atoms with Crippen LogP contribution in [0.4, 0.5) is 10.1 Å². The fourth-order valence-corrected chi connectivity index (χ4v) is 3.93. The van der Waals surface area contributed by atoms with Gasteiger partial charge in [0.2, 0.25) is 21.8 Å². The average molecular weight is 464 g/mol. The van der Waals surface area contributed by atoms with Crippen molar-refractivity contribution in [3.8, 4) is 0 Å². The van der Waals surface area contributed by atoms with Crippen LogP contribution in [-0.4, -0.2) is 50.0 Å². The maximum absolute atomic E-state index is 14.3. The Labute approximate surface area is 189 Å². The van der Waals surface area contributed by atoms with Gasteiger partial charge in [-0.05, 0) is 38.0 Å². The number of hydrogen-bond donors (Lipinski definition) is 1. The minimum Gasteiger partial charge on any atom is -0.352 e. The third-order valence-corrected chi connectivity index (χ3v) is 6.29. The molecular weight excluding hydrogens is 433 g/mol. The van der Waals surface area contributed by atoms with Crippen molar-refractivity contribution in [2.45, 2.75) is 45.8 Å². The van der Waals surface area contributed by atoms with Crippen molar-refractivity contribution in [3.05, 3.63) is 66.0 Å². The van der Waals surface area contributed by atoms with Crippen LogP contribution < -0.4 is 9.62 Å². The zero-order valence-electron chi connectivity index (χ0n) is 18.8. The topological polar surface area (TPSA) is 86.8 Å². The SMILES string of the molecule is CC[C@H](C)NC(=O)[C@H](C)N(Cc1ccccc1)C(=O)CN(c1ccccc1F)S(C)(=O)=O. The van der Waals surface area contributed by atoms with E-state index in [0.29, 0.717) is 0 Å². The van der Waals surface area contributed by atoms with Gasteiger partial charge in [0.25, 0.3) is 0 Å². The second-order valence-electron chi connectivity index (χ2n) is 7.72. The van der Waals surface area contributed by atoms with Crippen LogP contribution in [-0.2, 0) is 26.2 Å². The first kappa shape index (κ1) is 25.3. The molecule has 7 nitrogen and oxygen atoms in total. The highest BCUT2D eigenvalue weighted by Gasteiger charge is 2.31. The van der Waals surface area contributed by atoms with Gasteiger partial charge in [0.15, 0.2) is 0 Å². The van der Waals surface area contributed by atoms with Gasteiger partial charge in [0, 0.05) is 12.6 Å². The highest BCUT2D eigenvalue weighted by Crippen LogP contribution is 2.22. The van der Waals surface area contributed by atoms with Gasteiger partial charge < -0.3 is 10.2 Å². The summed E-state index contributed by atoms with van der Waals surface area (Å²) in [4.78, 5) is 27.4. The summed E-state index contributed by atoms with van der Waals surface area (Å²) >= 11 is 0. The van der Waals surface area contributed by atoms with Gasteiger partial charge in [-0.15, -0.1) is 0 Å². The molecule has 0 bridgehead atoms. The van der Waals surface area contributed by atoms with E-state index in [1.807, 2.05) is 44.2 Å². The first-order valence-corrected chi connectivity index (χ1v) is 12.3. The minimum absolute atomic E-state index is 0.0791. The van der Waals surface area contributed by atoms with Crippen molar-refractivity contribution in [2.75, 3.05) is 17.1 Å².